The molecule has 1 atom stereocenters. The molecule has 1 heterocycles. The first-order chi connectivity index (χ1) is 10.2. The maximum absolute atomic E-state index is 12.3. The summed E-state index contributed by atoms with van der Waals surface area (Å²) in [5.41, 5.74) is -0.0994. The molecule has 6 nitrogen and oxygen atoms in total. The first kappa shape index (κ1) is 16.1. The van der Waals surface area contributed by atoms with Crippen molar-refractivity contribution in [2.24, 2.45) is 0 Å². The Morgan fingerprint density at radius 3 is 2.73 bits per heavy atom. The van der Waals surface area contributed by atoms with Gasteiger partial charge in [-0.2, -0.15) is 0 Å². The molecular formula is C16H22N2O4. The van der Waals surface area contributed by atoms with E-state index in [0.717, 1.165) is 0 Å². The molecule has 6 heteroatoms. The zero-order valence-electron chi connectivity index (χ0n) is 13.1. The summed E-state index contributed by atoms with van der Waals surface area (Å²) < 4.78 is 5.21. The van der Waals surface area contributed by atoms with E-state index < -0.39 is 11.7 Å². The molecule has 1 saturated heterocycles. The van der Waals surface area contributed by atoms with E-state index in [-0.39, 0.29) is 17.7 Å². The molecule has 1 aromatic rings. The lowest BCUT2D eigenvalue weighted by Gasteiger charge is -2.22. The fourth-order valence-corrected chi connectivity index (χ4v) is 2.36. The number of phenolic OH excluding ortho intramolecular Hbond substituents is 1. The molecule has 0 radical (unpaired) electrons. The topological polar surface area (TPSA) is 78.9 Å². The Labute approximate surface area is 130 Å². The number of aromatic hydroxyl groups is 1. The minimum Gasteiger partial charge on any atom is -0.508 e. The summed E-state index contributed by atoms with van der Waals surface area (Å²) in [6, 6.07) is 6.15. The molecule has 1 unspecified atom stereocenters. The van der Waals surface area contributed by atoms with Crippen molar-refractivity contribution in [3.8, 4) is 5.75 Å². The monoisotopic (exact) mass is 306 g/mol. The Morgan fingerprint density at radius 1 is 1.36 bits per heavy atom. The Hall–Kier alpha value is -2.24. The van der Waals surface area contributed by atoms with Crippen LogP contribution in [0.4, 0.5) is 4.79 Å². The van der Waals surface area contributed by atoms with Gasteiger partial charge in [0.25, 0.3) is 5.91 Å². The molecule has 1 fully saturated rings. The first-order valence-electron chi connectivity index (χ1n) is 7.32. The summed E-state index contributed by atoms with van der Waals surface area (Å²) in [5, 5.41) is 12.2. The van der Waals surface area contributed by atoms with Gasteiger partial charge in [-0.05, 0) is 45.4 Å². The summed E-state index contributed by atoms with van der Waals surface area (Å²) in [7, 11) is 0. The predicted molar refractivity (Wildman–Crippen MR) is 81.8 cm³/mol. The highest BCUT2D eigenvalue weighted by Gasteiger charge is 2.29. The van der Waals surface area contributed by atoms with Crippen LogP contribution in [-0.2, 0) is 4.74 Å². The molecule has 0 spiro atoms. The third kappa shape index (κ3) is 4.38. The number of carbonyl (C=O) groups is 2. The van der Waals surface area contributed by atoms with E-state index in [0.29, 0.717) is 25.1 Å². The average Bonchev–Trinajstić information content (AvgIpc) is 2.84. The minimum atomic E-state index is -0.542. The molecule has 120 valence electrons. The zero-order valence-corrected chi connectivity index (χ0v) is 13.1. The van der Waals surface area contributed by atoms with Crippen molar-refractivity contribution in [3.63, 3.8) is 0 Å². The fourth-order valence-electron chi connectivity index (χ4n) is 2.36. The number of amides is 2. The predicted octanol–water partition coefficient (Wildman–Crippen LogP) is 2.13. The Kier molecular flexibility index (Phi) is 4.59. The van der Waals surface area contributed by atoms with Crippen LogP contribution in [0.25, 0.3) is 0 Å². The fraction of sp³-hybridized carbons (Fsp3) is 0.500. The molecule has 2 N–H and O–H groups in total. The average molecular weight is 306 g/mol. The largest absolute Gasteiger partial charge is 0.508 e. The van der Waals surface area contributed by atoms with Gasteiger partial charge in [0.2, 0.25) is 0 Å². The van der Waals surface area contributed by atoms with Crippen LogP contribution in [0.3, 0.4) is 0 Å². The smallest absolute Gasteiger partial charge is 0.407 e. The normalized spacial score (nSPS) is 18.1. The third-order valence-electron chi connectivity index (χ3n) is 3.29. The van der Waals surface area contributed by atoms with Gasteiger partial charge in [-0.15, -0.1) is 0 Å². The standard InChI is InChI=1S/C16H22N2O4/c1-16(2,3)22-15(21)17-12-7-8-18(10-12)14(20)11-5-4-6-13(19)9-11/h4-6,9,12,19H,7-8,10H2,1-3H3,(H,17,21). The van der Waals surface area contributed by atoms with Gasteiger partial charge in [0.05, 0.1) is 6.04 Å². The SMILES string of the molecule is CC(C)(C)OC(=O)NC1CCN(C(=O)c2cccc(O)c2)C1. The summed E-state index contributed by atoms with van der Waals surface area (Å²) in [6.45, 7) is 6.42. The van der Waals surface area contributed by atoms with E-state index in [1.807, 2.05) is 0 Å². The van der Waals surface area contributed by atoms with Crippen molar-refractivity contribution in [3.05, 3.63) is 29.8 Å². The van der Waals surface area contributed by atoms with Crippen molar-refractivity contribution in [1.82, 2.24) is 10.2 Å². The molecule has 1 aromatic carbocycles. The molecule has 2 rings (SSSR count). The van der Waals surface area contributed by atoms with E-state index in [1.54, 1.807) is 37.8 Å². The number of hydrogen-bond acceptors (Lipinski definition) is 4. The number of alkyl carbamates (subject to hydrolysis) is 1. The number of nitrogens with zero attached hydrogens (tertiary/aromatic N) is 1. The van der Waals surface area contributed by atoms with Crippen molar-refractivity contribution < 1.29 is 19.4 Å². The molecule has 0 saturated carbocycles. The number of hydrogen-bond donors (Lipinski definition) is 2. The third-order valence-corrected chi connectivity index (χ3v) is 3.29. The molecule has 1 aliphatic rings. The minimum absolute atomic E-state index is 0.0634. The number of ether oxygens (including phenoxy) is 1. The molecule has 0 aromatic heterocycles. The van der Waals surface area contributed by atoms with Gasteiger partial charge >= 0.3 is 6.09 Å². The number of carbonyl (C=O) groups excluding carboxylic acids is 2. The number of nitrogens with one attached hydrogen (secondary N) is 1. The van der Waals surface area contributed by atoms with Crippen molar-refractivity contribution in [2.75, 3.05) is 13.1 Å². The van der Waals surface area contributed by atoms with Gasteiger partial charge in [0, 0.05) is 18.7 Å². The lowest BCUT2D eigenvalue weighted by Crippen LogP contribution is -2.41. The van der Waals surface area contributed by atoms with Crippen LogP contribution in [0.5, 0.6) is 5.75 Å². The van der Waals surface area contributed by atoms with E-state index in [2.05, 4.69) is 5.32 Å². The summed E-state index contributed by atoms with van der Waals surface area (Å²) in [4.78, 5) is 25.7. The molecule has 0 bridgehead atoms. The molecular weight excluding hydrogens is 284 g/mol. The van der Waals surface area contributed by atoms with Gasteiger partial charge in [-0.25, -0.2) is 4.79 Å². The maximum Gasteiger partial charge on any atom is 0.407 e. The van der Waals surface area contributed by atoms with E-state index in [4.69, 9.17) is 4.74 Å². The van der Waals surface area contributed by atoms with Crippen LogP contribution < -0.4 is 5.32 Å². The number of phenols is 1. The van der Waals surface area contributed by atoms with Crippen LogP contribution in [0.15, 0.2) is 24.3 Å². The second-order valence-corrected chi connectivity index (χ2v) is 6.43. The van der Waals surface area contributed by atoms with Crippen molar-refractivity contribution >= 4 is 12.0 Å². The lowest BCUT2D eigenvalue weighted by molar-refractivity contribution is 0.0502. The number of rotatable bonds is 2. The van der Waals surface area contributed by atoms with E-state index in [1.165, 1.54) is 12.1 Å². The molecule has 0 aliphatic carbocycles. The van der Waals surface area contributed by atoms with Gasteiger partial charge in [0.1, 0.15) is 11.4 Å². The highest BCUT2D eigenvalue weighted by atomic mass is 16.6. The van der Waals surface area contributed by atoms with Crippen LogP contribution in [0, 0.1) is 0 Å². The highest BCUT2D eigenvalue weighted by Crippen LogP contribution is 2.17. The molecule has 22 heavy (non-hydrogen) atoms. The van der Waals surface area contributed by atoms with Crippen molar-refractivity contribution in [2.45, 2.75) is 38.8 Å². The lowest BCUT2D eigenvalue weighted by atomic mass is 10.2. The van der Waals surface area contributed by atoms with E-state index >= 15 is 0 Å². The summed E-state index contributed by atoms with van der Waals surface area (Å²) in [6.07, 6.45) is 0.216. The summed E-state index contributed by atoms with van der Waals surface area (Å²) >= 11 is 0. The second kappa shape index (κ2) is 6.25. The quantitative estimate of drug-likeness (QED) is 0.877. The van der Waals surface area contributed by atoms with E-state index in [9.17, 15) is 14.7 Å². The second-order valence-electron chi connectivity index (χ2n) is 6.43. The molecule has 1 aliphatic heterocycles. The maximum atomic E-state index is 12.3. The number of likely N-dealkylation sites (tertiary alicyclic amines) is 1. The van der Waals surface area contributed by atoms with Crippen LogP contribution in [0.1, 0.15) is 37.6 Å². The number of benzene rings is 1. The van der Waals surface area contributed by atoms with Crippen LogP contribution in [-0.4, -0.2) is 46.7 Å². The van der Waals surface area contributed by atoms with Gasteiger partial charge < -0.3 is 20.1 Å². The molecule has 2 amide bonds. The van der Waals surface area contributed by atoms with Gasteiger partial charge in [0.15, 0.2) is 0 Å². The first-order valence-corrected chi connectivity index (χ1v) is 7.32. The van der Waals surface area contributed by atoms with Gasteiger partial charge in [-0.3, -0.25) is 4.79 Å². The Balaban J connectivity index is 1.90. The zero-order chi connectivity index (χ0) is 16.3. The van der Waals surface area contributed by atoms with Crippen molar-refractivity contribution in [1.29, 1.82) is 0 Å². The Morgan fingerprint density at radius 2 is 2.09 bits per heavy atom. The highest BCUT2D eigenvalue weighted by molar-refractivity contribution is 5.94. The van der Waals surface area contributed by atoms with Gasteiger partial charge in [-0.1, -0.05) is 6.07 Å². The van der Waals surface area contributed by atoms with Crippen LogP contribution >= 0.6 is 0 Å². The van der Waals surface area contributed by atoms with Crippen LogP contribution in [0.2, 0.25) is 0 Å². The summed E-state index contributed by atoms with van der Waals surface area (Å²) in [5.74, 6) is -0.0853. The Bertz CT molecular complexity index is 566.